The highest BCUT2D eigenvalue weighted by molar-refractivity contribution is 7.48. The van der Waals surface area contributed by atoms with E-state index in [2.05, 4.69) is 0 Å². The van der Waals surface area contributed by atoms with Gasteiger partial charge in [-0.2, -0.15) is 0 Å². The van der Waals surface area contributed by atoms with E-state index in [1.165, 1.54) is 0 Å². The predicted octanol–water partition coefficient (Wildman–Crippen LogP) is 3.43. The van der Waals surface area contributed by atoms with Gasteiger partial charge in [0.2, 0.25) is 0 Å². The fraction of sp³-hybridized carbons (Fsp3) is 0.769. The van der Waals surface area contributed by atoms with E-state index >= 15 is 0 Å². The Balaban J connectivity index is 2.82. The van der Waals surface area contributed by atoms with Gasteiger partial charge in [-0.15, -0.1) is 0 Å². The smallest absolute Gasteiger partial charge is 0.465 e. The Labute approximate surface area is 120 Å². The molecular formula is C13H23O6P. The lowest BCUT2D eigenvalue weighted by molar-refractivity contribution is -0.147. The summed E-state index contributed by atoms with van der Waals surface area (Å²) in [6.45, 7) is 5.86. The minimum atomic E-state index is -3.66. The number of esters is 1. The van der Waals surface area contributed by atoms with E-state index in [0.29, 0.717) is 18.8 Å². The molecule has 0 aromatic heterocycles. The first kappa shape index (κ1) is 17.2. The van der Waals surface area contributed by atoms with Crippen molar-refractivity contribution in [2.24, 2.45) is 5.92 Å². The van der Waals surface area contributed by atoms with E-state index in [0.717, 1.165) is 12.8 Å². The van der Waals surface area contributed by atoms with Crippen LogP contribution in [0.15, 0.2) is 11.8 Å². The summed E-state index contributed by atoms with van der Waals surface area (Å²) >= 11 is 0. The standard InChI is InChI=1S/C13H23O6P/c1-4-16-13(14)11-9-7-8-10-12(11)19-20(15,17-5-2)18-6-3/h10-11H,4-9H2,1-3H3. The molecular weight excluding hydrogens is 283 g/mol. The van der Waals surface area contributed by atoms with Crippen LogP contribution in [-0.2, 0) is 27.7 Å². The number of carbonyl (C=O) groups is 1. The van der Waals surface area contributed by atoms with E-state index in [9.17, 15) is 9.36 Å². The number of hydrogen-bond donors (Lipinski definition) is 0. The average Bonchev–Trinajstić information content (AvgIpc) is 2.40. The van der Waals surface area contributed by atoms with E-state index in [1.54, 1.807) is 26.8 Å². The molecule has 0 aromatic carbocycles. The predicted molar refractivity (Wildman–Crippen MR) is 74.0 cm³/mol. The van der Waals surface area contributed by atoms with Crippen molar-refractivity contribution in [2.75, 3.05) is 19.8 Å². The highest BCUT2D eigenvalue weighted by Gasteiger charge is 2.35. The van der Waals surface area contributed by atoms with E-state index in [-0.39, 0.29) is 19.2 Å². The molecule has 0 amide bonds. The largest absolute Gasteiger partial charge is 0.529 e. The normalized spacial score (nSPS) is 19.4. The summed E-state index contributed by atoms with van der Waals surface area (Å²) in [6.07, 6.45) is 4.01. The van der Waals surface area contributed by atoms with E-state index < -0.39 is 13.7 Å². The fourth-order valence-electron chi connectivity index (χ4n) is 1.96. The van der Waals surface area contributed by atoms with Crippen molar-refractivity contribution >= 4 is 13.8 Å². The van der Waals surface area contributed by atoms with Crippen molar-refractivity contribution in [1.82, 2.24) is 0 Å². The van der Waals surface area contributed by atoms with Crippen LogP contribution in [0.2, 0.25) is 0 Å². The third-order valence-electron chi connectivity index (χ3n) is 2.75. The lowest BCUT2D eigenvalue weighted by atomic mass is 9.94. The Hall–Kier alpha value is -0.840. The van der Waals surface area contributed by atoms with Gasteiger partial charge in [0.1, 0.15) is 11.7 Å². The zero-order valence-corrected chi connectivity index (χ0v) is 13.2. The molecule has 0 radical (unpaired) electrons. The maximum atomic E-state index is 12.3. The Bertz CT molecular complexity index is 382. The molecule has 1 aliphatic rings. The topological polar surface area (TPSA) is 71.1 Å². The Morgan fingerprint density at radius 3 is 2.45 bits per heavy atom. The molecule has 0 aromatic rings. The summed E-state index contributed by atoms with van der Waals surface area (Å²) in [6, 6.07) is 0. The fourth-order valence-corrected chi connectivity index (χ4v) is 3.24. The second kappa shape index (κ2) is 8.45. The Morgan fingerprint density at radius 1 is 1.25 bits per heavy atom. The van der Waals surface area contributed by atoms with Crippen molar-refractivity contribution in [3.63, 3.8) is 0 Å². The average molecular weight is 306 g/mol. The van der Waals surface area contributed by atoms with Gasteiger partial charge in [-0.1, -0.05) is 0 Å². The van der Waals surface area contributed by atoms with Crippen LogP contribution in [0.5, 0.6) is 0 Å². The minimum Gasteiger partial charge on any atom is -0.465 e. The van der Waals surface area contributed by atoms with Crippen molar-refractivity contribution in [3.8, 4) is 0 Å². The van der Waals surface area contributed by atoms with Crippen LogP contribution in [0.4, 0.5) is 0 Å². The first-order valence-corrected chi connectivity index (χ1v) is 8.47. The van der Waals surface area contributed by atoms with Crippen LogP contribution >= 0.6 is 7.82 Å². The number of ether oxygens (including phenoxy) is 1. The zero-order valence-electron chi connectivity index (χ0n) is 12.3. The summed E-state index contributed by atoms with van der Waals surface area (Å²) < 4.78 is 32.9. The number of rotatable bonds is 8. The first-order valence-electron chi connectivity index (χ1n) is 7.01. The van der Waals surface area contributed by atoms with E-state index in [4.69, 9.17) is 18.3 Å². The molecule has 1 rings (SSSR count). The SMILES string of the molecule is CCOC(=O)C1CCCC=C1OP(=O)(OCC)OCC. The van der Waals surface area contributed by atoms with Crippen molar-refractivity contribution in [1.29, 1.82) is 0 Å². The summed E-state index contributed by atoms with van der Waals surface area (Å²) in [5, 5.41) is 0. The van der Waals surface area contributed by atoms with Crippen LogP contribution in [0.25, 0.3) is 0 Å². The second-order valence-corrected chi connectivity index (χ2v) is 5.81. The lowest BCUT2D eigenvalue weighted by Gasteiger charge is -2.25. The van der Waals surface area contributed by atoms with Gasteiger partial charge < -0.3 is 9.26 Å². The molecule has 0 saturated carbocycles. The van der Waals surface area contributed by atoms with Gasteiger partial charge in [0.25, 0.3) is 0 Å². The molecule has 0 fully saturated rings. The molecule has 0 saturated heterocycles. The molecule has 0 heterocycles. The third-order valence-corrected chi connectivity index (χ3v) is 4.33. The summed E-state index contributed by atoms with van der Waals surface area (Å²) in [7, 11) is -3.66. The van der Waals surface area contributed by atoms with Gasteiger partial charge in [0, 0.05) is 0 Å². The quantitative estimate of drug-likeness (QED) is 0.505. The molecule has 0 N–H and O–H groups in total. The number of phosphoric acid groups is 1. The highest BCUT2D eigenvalue weighted by Crippen LogP contribution is 2.53. The van der Waals surface area contributed by atoms with Crippen molar-refractivity contribution < 1.29 is 27.7 Å². The molecule has 7 heteroatoms. The van der Waals surface area contributed by atoms with Gasteiger partial charge in [-0.25, -0.2) is 4.57 Å². The Kier molecular flexibility index (Phi) is 7.27. The summed E-state index contributed by atoms with van der Waals surface area (Å²) in [4.78, 5) is 11.9. The van der Waals surface area contributed by atoms with Crippen molar-refractivity contribution in [3.05, 3.63) is 11.8 Å². The van der Waals surface area contributed by atoms with Gasteiger partial charge in [-0.3, -0.25) is 13.8 Å². The minimum absolute atomic E-state index is 0.203. The summed E-state index contributed by atoms with van der Waals surface area (Å²) in [5.74, 6) is -0.559. The van der Waals surface area contributed by atoms with E-state index in [1.807, 2.05) is 0 Å². The van der Waals surface area contributed by atoms with Crippen LogP contribution in [0.1, 0.15) is 40.0 Å². The molecule has 1 aliphatic carbocycles. The van der Waals surface area contributed by atoms with Gasteiger partial charge in [-0.05, 0) is 46.1 Å². The van der Waals surface area contributed by atoms with Crippen LogP contribution in [0.3, 0.4) is 0 Å². The number of phosphoric ester groups is 1. The molecule has 0 bridgehead atoms. The number of carbonyl (C=O) groups excluding carboxylic acids is 1. The van der Waals surface area contributed by atoms with Gasteiger partial charge in [0.15, 0.2) is 0 Å². The molecule has 0 spiro atoms. The number of allylic oxidation sites excluding steroid dienone is 1. The lowest BCUT2D eigenvalue weighted by Crippen LogP contribution is -2.23. The highest BCUT2D eigenvalue weighted by atomic mass is 31.2. The molecule has 0 aliphatic heterocycles. The third kappa shape index (κ3) is 4.93. The zero-order chi connectivity index (χ0) is 15.0. The van der Waals surface area contributed by atoms with Gasteiger partial charge >= 0.3 is 13.8 Å². The second-order valence-electron chi connectivity index (χ2n) is 4.22. The number of hydrogen-bond acceptors (Lipinski definition) is 6. The monoisotopic (exact) mass is 306 g/mol. The molecule has 20 heavy (non-hydrogen) atoms. The summed E-state index contributed by atoms with van der Waals surface area (Å²) in [5.41, 5.74) is 0. The van der Waals surface area contributed by atoms with Gasteiger partial charge in [0.05, 0.1) is 19.8 Å². The Morgan fingerprint density at radius 2 is 1.90 bits per heavy atom. The molecule has 1 unspecified atom stereocenters. The maximum absolute atomic E-state index is 12.3. The molecule has 1 atom stereocenters. The van der Waals surface area contributed by atoms with Crippen LogP contribution < -0.4 is 0 Å². The molecule has 6 nitrogen and oxygen atoms in total. The van der Waals surface area contributed by atoms with Crippen molar-refractivity contribution in [2.45, 2.75) is 40.0 Å². The van der Waals surface area contributed by atoms with Crippen LogP contribution in [0, 0.1) is 5.92 Å². The molecule has 116 valence electrons. The van der Waals surface area contributed by atoms with Crippen LogP contribution in [-0.4, -0.2) is 25.8 Å². The first-order chi connectivity index (χ1) is 9.56. The maximum Gasteiger partial charge on any atom is 0.529 e.